The summed E-state index contributed by atoms with van der Waals surface area (Å²) in [6, 6.07) is 22.3. The van der Waals surface area contributed by atoms with Crippen molar-refractivity contribution in [3.05, 3.63) is 94.0 Å². The molecule has 3 aromatic rings. The lowest BCUT2D eigenvalue weighted by Gasteiger charge is -2.07. The molecule has 0 spiro atoms. The third-order valence-corrected chi connectivity index (χ3v) is 4.61. The summed E-state index contributed by atoms with van der Waals surface area (Å²) < 4.78 is 11.1. The number of nitrogens with zero attached hydrogens (tertiary/aromatic N) is 1. The summed E-state index contributed by atoms with van der Waals surface area (Å²) in [5.74, 6) is 0.673. The molecular weight excluding hydrogens is 411 g/mol. The highest BCUT2D eigenvalue weighted by Crippen LogP contribution is 2.31. The van der Waals surface area contributed by atoms with Crippen LogP contribution in [0.25, 0.3) is 0 Å². The van der Waals surface area contributed by atoms with Gasteiger partial charge in [0.15, 0.2) is 6.61 Å². The summed E-state index contributed by atoms with van der Waals surface area (Å²) in [6.07, 6.45) is 1.53. The van der Waals surface area contributed by atoms with Crippen LogP contribution in [0.2, 0.25) is 10.0 Å². The number of hydrogen-bond acceptors (Lipinski definition) is 4. The number of nitrogens with one attached hydrogen (secondary N) is 1. The van der Waals surface area contributed by atoms with Crippen molar-refractivity contribution < 1.29 is 14.3 Å². The lowest BCUT2D eigenvalue weighted by molar-refractivity contribution is -0.123. The Morgan fingerprint density at radius 2 is 1.69 bits per heavy atom. The average Bonchev–Trinajstić information content (AvgIpc) is 2.75. The maximum atomic E-state index is 11.8. The van der Waals surface area contributed by atoms with Crippen molar-refractivity contribution in [3.63, 3.8) is 0 Å². The summed E-state index contributed by atoms with van der Waals surface area (Å²) in [5, 5.41) is 4.54. The monoisotopic (exact) mass is 428 g/mol. The van der Waals surface area contributed by atoms with Gasteiger partial charge in [0.2, 0.25) is 0 Å². The molecule has 0 bridgehead atoms. The molecule has 0 aromatic heterocycles. The minimum absolute atomic E-state index is 0.232. The van der Waals surface area contributed by atoms with E-state index in [1.54, 1.807) is 18.2 Å². The molecule has 29 heavy (non-hydrogen) atoms. The number of amides is 1. The number of rotatable bonds is 8. The normalized spacial score (nSPS) is 10.7. The Kier molecular flexibility index (Phi) is 7.50. The lowest BCUT2D eigenvalue weighted by Crippen LogP contribution is -2.24. The molecule has 5 nitrogen and oxygen atoms in total. The Morgan fingerprint density at radius 1 is 0.931 bits per heavy atom. The highest BCUT2D eigenvalue weighted by atomic mass is 35.5. The van der Waals surface area contributed by atoms with Gasteiger partial charge in [-0.2, -0.15) is 5.10 Å². The number of hydrazone groups is 1. The standard InChI is InChI=1S/C22H18Cl2N2O3/c23-19-7-4-8-20(22(19)24)29-15-21(27)26-25-13-16-9-11-18(12-10-16)28-14-17-5-2-1-3-6-17/h1-13H,14-15H2,(H,26,27)/b25-13-. The fourth-order valence-electron chi connectivity index (χ4n) is 2.34. The number of halogens is 2. The predicted molar refractivity (Wildman–Crippen MR) is 115 cm³/mol. The molecule has 0 saturated heterocycles. The van der Waals surface area contributed by atoms with Crippen molar-refractivity contribution in [3.8, 4) is 11.5 Å². The van der Waals surface area contributed by atoms with Crippen LogP contribution in [-0.4, -0.2) is 18.7 Å². The number of ether oxygens (including phenoxy) is 2. The molecule has 3 rings (SSSR count). The molecule has 0 saturated carbocycles. The molecule has 0 unspecified atom stereocenters. The molecule has 0 aliphatic carbocycles. The average molecular weight is 429 g/mol. The number of hydrogen-bond donors (Lipinski definition) is 1. The Hall–Kier alpha value is -3.02. The molecule has 0 radical (unpaired) electrons. The van der Waals surface area contributed by atoms with Crippen molar-refractivity contribution in [2.24, 2.45) is 5.10 Å². The maximum Gasteiger partial charge on any atom is 0.277 e. The van der Waals surface area contributed by atoms with Gasteiger partial charge in [0, 0.05) is 0 Å². The fourth-order valence-corrected chi connectivity index (χ4v) is 2.69. The van der Waals surface area contributed by atoms with Crippen LogP contribution >= 0.6 is 23.2 Å². The molecule has 1 amide bonds. The first-order valence-electron chi connectivity index (χ1n) is 8.77. The first-order chi connectivity index (χ1) is 14.1. The van der Waals surface area contributed by atoms with E-state index in [1.165, 1.54) is 6.21 Å². The van der Waals surface area contributed by atoms with Crippen LogP contribution in [0.5, 0.6) is 11.5 Å². The molecule has 0 fully saturated rings. The Labute approximate surface area is 178 Å². The van der Waals surface area contributed by atoms with Crippen molar-refractivity contribution in [1.82, 2.24) is 5.43 Å². The van der Waals surface area contributed by atoms with Gasteiger partial charge in [0.1, 0.15) is 23.1 Å². The Morgan fingerprint density at radius 3 is 2.45 bits per heavy atom. The van der Waals surface area contributed by atoms with Crippen LogP contribution in [0.4, 0.5) is 0 Å². The molecule has 148 valence electrons. The molecule has 0 atom stereocenters. The molecule has 0 aliphatic rings. The van der Waals surface area contributed by atoms with Gasteiger partial charge in [0.25, 0.3) is 5.91 Å². The van der Waals surface area contributed by atoms with Gasteiger partial charge < -0.3 is 9.47 Å². The van der Waals surface area contributed by atoms with Gasteiger partial charge in [0.05, 0.1) is 11.2 Å². The quantitative estimate of drug-likeness (QED) is 0.400. The molecule has 7 heteroatoms. The van der Waals surface area contributed by atoms with Crippen LogP contribution in [0, 0.1) is 0 Å². The van der Waals surface area contributed by atoms with E-state index in [4.69, 9.17) is 32.7 Å². The van der Waals surface area contributed by atoms with Crippen molar-refractivity contribution in [2.45, 2.75) is 6.61 Å². The third-order valence-electron chi connectivity index (χ3n) is 3.81. The van der Waals surface area contributed by atoms with Crippen molar-refractivity contribution in [1.29, 1.82) is 0 Å². The van der Waals surface area contributed by atoms with Gasteiger partial charge in [-0.3, -0.25) is 4.79 Å². The third kappa shape index (κ3) is 6.52. The molecule has 1 N–H and O–H groups in total. The van der Waals surface area contributed by atoms with Crippen LogP contribution < -0.4 is 14.9 Å². The van der Waals surface area contributed by atoms with Crippen LogP contribution in [0.15, 0.2) is 77.9 Å². The minimum Gasteiger partial charge on any atom is -0.489 e. The second kappa shape index (κ2) is 10.5. The number of carbonyl (C=O) groups is 1. The van der Waals surface area contributed by atoms with E-state index < -0.39 is 5.91 Å². The van der Waals surface area contributed by atoms with Gasteiger partial charge in [-0.25, -0.2) is 5.43 Å². The van der Waals surface area contributed by atoms with E-state index in [1.807, 2.05) is 54.6 Å². The summed E-state index contributed by atoms with van der Waals surface area (Å²) in [7, 11) is 0. The zero-order valence-electron chi connectivity index (χ0n) is 15.3. The van der Waals surface area contributed by atoms with Gasteiger partial charge in [-0.05, 0) is 47.5 Å². The number of carbonyl (C=O) groups excluding carboxylic acids is 1. The smallest absolute Gasteiger partial charge is 0.277 e. The van der Waals surface area contributed by atoms with E-state index in [0.717, 1.165) is 16.9 Å². The number of benzene rings is 3. The Bertz CT molecular complexity index is 977. The van der Waals surface area contributed by atoms with Crippen LogP contribution in [-0.2, 0) is 11.4 Å². The van der Waals surface area contributed by atoms with E-state index in [2.05, 4.69) is 10.5 Å². The largest absolute Gasteiger partial charge is 0.489 e. The van der Waals surface area contributed by atoms with E-state index in [9.17, 15) is 4.79 Å². The SMILES string of the molecule is O=C(COc1cccc(Cl)c1Cl)N/N=C\c1ccc(OCc2ccccc2)cc1. The second-order valence-electron chi connectivity index (χ2n) is 5.98. The highest BCUT2D eigenvalue weighted by Gasteiger charge is 2.07. The summed E-state index contributed by atoms with van der Waals surface area (Å²) >= 11 is 11.9. The van der Waals surface area contributed by atoms with E-state index in [0.29, 0.717) is 17.4 Å². The van der Waals surface area contributed by atoms with Gasteiger partial charge >= 0.3 is 0 Å². The predicted octanol–water partition coefficient (Wildman–Crippen LogP) is 5.10. The van der Waals surface area contributed by atoms with Crippen molar-refractivity contribution >= 4 is 35.3 Å². The maximum absolute atomic E-state index is 11.8. The highest BCUT2D eigenvalue weighted by molar-refractivity contribution is 6.42. The zero-order valence-corrected chi connectivity index (χ0v) is 16.9. The minimum atomic E-state index is -0.417. The van der Waals surface area contributed by atoms with Gasteiger partial charge in [-0.15, -0.1) is 0 Å². The summed E-state index contributed by atoms with van der Waals surface area (Å²) in [5.41, 5.74) is 4.31. The van der Waals surface area contributed by atoms with Crippen molar-refractivity contribution in [2.75, 3.05) is 6.61 Å². The van der Waals surface area contributed by atoms with Gasteiger partial charge in [-0.1, -0.05) is 59.6 Å². The first kappa shape index (κ1) is 20.7. The summed E-state index contributed by atoms with van der Waals surface area (Å²) in [4.78, 5) is 11.8. The topological polar surface area (TPSA) is 59.9 Å². The van der Waals surface area contributed by atoms with Crippen LogP contribution in [0.1, 0.15) is 11.1 Å². The second-order valence-corrected chi connectivity index (χ2v) is 6.76. The zero-order chi connectivity index (χ0) is 20.5. The molecular formula is C22H18Cl2N2O3. The van der Waals surface area contributed by atoms with E-state index in [-0.39, 0.29) is 11.6 Å². The summed E-state index contributed by atoms with van der Waals surface area (Å²) in [6.45, 7) is 0.268. The molecule has 3 aromatic carbocycles. The first-order valence-corrected chi connectivity index (χ1v) is 9.53. The molecule has 0 heterocycles. The van der Waals surface area contributed by atoms with E-state index >= 15 is 0 Å². The molecule has 0 aliphatic heterocycles. The van der Waals surface area contributed by atoms with Crippen LogP contribution in [0.3, 0.4) is 0 Å². The lowest BCUT2D eigenvalue weighted by atomic mass is 10.2. The fraction of sp³-hybridized carbons (Fsp3) is 0.0909. The Balaban J connectivity index is 1.43.